The van der Waals surface area contributed by atoms with E-state index in [-0.39, 0.29) is 18.1 Å². The molecular weight excluding hydrogens is 368 g/mol. The van der Waals surface area contributed by atoms with Crippen molar-refractivity contribution in [2.45, 2.75) is 44.4 Å². The molecule has 3 rings (SSSR count). The number of benzene rings is 1. The lowest BCUT2D eigenvalue weighted by Gasteiger charge is -2.38. The number of hydrogen-bond acceptors (Lipinski definition) is 6. The zero-order valence-corrected chi connectivity index (χ0v) is 16.9. The van der Waals surface area contributed by atoms with Crippen LogP contribution in [-0.4, -0.2) is 61.8 Å². The van der Waals surface area contributed by atoms with Crippen LogP contribution >= 0.6 is 11.6 Å². The Bertz CT molecular complexity index is 725. The lowest BCUT2D eigenvalue weighted by Crippen LogP contribution is -2.55. The number of methoxy groups -OCH3 is 1. The first kappa shape index (κ1) is 20.2. The van der Waals surface area contributed by atoms with Gasteiger partial charge in [-0.1, -0.05) is 11.6 Å². The Labute approximate surface area is 165 Å². The minimum atomic E-state index is -0.418. The third kappa shape index (κ3) is 4.16. The highest BCUT2D eigenvalue weighted by molar-refractivity contribution is 6.33. The lowest BCUT2D eigenvalue weighted by molar-refractivity contribution is 0.00731. The molecule has 1 fully saturated rings. The Kier molecular flexibility index (Phi) is 5.86. The second kappa shape index (κ2) is 7.83. The molecule has 1 aromatic carbocycles. The molecule has 0 bridgehead atoms. The number of fused-ring (bicyclic) bond motifs is 1. The summed E-state index contributed by atoms with van der Waals surface area (Å²) < 4.78 is 11.6. The number of nitrogens with zero attached hydrogens (tertiary/aromatic N) is 1. The fraction of sp³-hybridized carbons (Fsp3) is 0.632. The van der Waals surface area contributed by atoms with Gasteiger partial charge in [0, 0.05) is 45.3 Å². The molecule has 0 unspecified atom stereocenters. The number of hydrogen-bond donors (Lipinski definition) is 3. The van der Waals surface area contributed by atoms with Crippen molar-refractivity contribution in [2.75, 3.05) is 39.0 Å². The lowest BCUT2D eigenvalue weighted by atomic mass is 9.97. The highest BCUT2D eigenvalue weighted by atomic mass is 35.5. The second-order valence-corrected chi connectivity index (χ2v) is 8.31. The Morgan fingerprint density at radius 3 is 2.93 bits per heavy atom. The van der Waals surface area contributed by atoms with Gasteiger partial charge in [-0.05, 0) is 26.3 Å². The number of carbonyl (C=O) groups is 1. The summed E-state index contributed by atoms with van der Waals surface area (Å²) in [6.07, 6.45) is 1.32. The number of carbonyl (C=O) groups excluding carboxylic acids is 1. The molecule has 7 nitrogen and oxygen atoms in total. The molecule has 2 aliphatic heterocycles. The van der Waals surface area contributed by atoms with E-state index in [9.17, 15) is 4.79 Å². The molecule has 0 spiro atoms. The van der Waals surface area contributed by atoms with E-state index < -0.39 is 5.60 Å². The van der Waals surface area contributed by atoms with Gasteiger partial charge in [-0.2, -0.15) is 0 Å². The van der Waals surface area contributed by atoms with Crippen LogP contribution in [0.5, 0.6) is 5.75 Å². The monoisotopic (exact) mass is 396 g/mol. The summed E-state index contributed by atoms with van der Waals surface area (Å²) >= 11 is 6.28. The predicted octanol–water partition coefficient (Wildman–Crippen LogP) is 1.41. The first-order valence-corrected chi connectivity index (χ1v) is 9.69. The zero-order valence-electron chi connectivity index (χ0n) is 16.2. The van der Waals surface area contributed by atoms with Crippen LogP contribution in [0.15, 0.2) is 6.07 Å². The van der Waals surface area contributed by atoms with Crippen molar-refractivity contribution in [1.82, 2.24) is 10.2 Å². The number of nitrogen functional groups attached to an aromatic ring is 1. The summed E-state index contributed by atoms with van der Waals surface area (Å²) in [7, 11) is 1.67. The third-order valence-corrected chi connectivity index (χ3v) is 5.62. The van der Waals surface area contributed by atoms with Crippen LogP contribution in [0, 0.1) is 0 Å². The van der Waals surface area contributed by atoms with Gasteiger partial charge in [-0.3, -0.25) is 9.69 Å². The van der Waals surface area contributed by atoms with E-state index in [0.717, 1.165) is 31.6 Å². The van der Waals surface area contributed by atoms with Crippen molar-refractivity contribution in [2.24, 2.45) is 5.73 Å². The fourth-order valence-electron chi connectivity index (χ4n) is 3.91. The van der Waals surface area contributed by atoms with E-state index in [1.54, 1.807) is 13.2 Å². The van der Waals surface area contributed by atoms with Gasteiger partial charge in [0.2, 0.25) is 0 Å². The third-order valence-electron chi connectivity index (χ3n) is 5.31. The number of anilines is 1. The van der Waals surface area contributed by atoms with Crippen molar-refractivity contribution >= 4 is 23.2 Å². The number of amides is 1. The molecular formula is C19H29ClN4O3. The smallest absolute Gasteiger partial charge is 0.255 e. The Hall–Kier alpha value is -1.54. The van der Waals surface area contributed by atoms with Gasteiger partial charge in [0.1, 0.15) is 11.4 Å². The molecule has 8 heteroatoms. The number of ether oxygens (including phenoxy) is 2. The van der Waals surface area contributed by atoms with Crippen LogP contribution in [0.3, 0.4) is 0 Å². The molecule has 150 valence electrons. The normalized spacial score (nSPS) is 24.3. The Balaban J connectivity index is 1.80. The highest BCUT2D eigenvalue weighted by Gasteiger charge is 2.37. The maximum absolute atomic E-state index is 13.0. The van der Waals surface area contributed by atoms with E-state index in [1.807, 2.05) is 13.8 Å². The average Bonchev–Trinajstić information content (AvgIpc) is 2.95. The number of piperidine rings is 1. The van der Waals surface area contributed by atoms with E-state index in [2.05, 4.69) is 10.2 Å². The standard InChI is InChI=1S/C19H29ClN4O3/c1-19(2)9-12-16(22)13(20)8-11(17(12)27-19)18(25)23-14-4-6-24(7-5-21)10-15(14)26-3/h8,14-15H,4-7,9-10,21-22H2,1-3H3,(H,23,25)/t14-,15+/m1/s1. The van der Waals surface area contributed by atoms with E-state index >= 15 is 0 Å². The van der Waals surface area contributed by atoms with Gasteiger partial charge in [0.15, 0.2) is 0 Å². The summed E-state index contributed by atoms with van der Waals surface area (Å²) in [6, 6.07) is 1.51. The molecule has 1 saturated heterocycles. The topological polar surface area (TPSA) is 103 Å². The van der Waals surface area contributed by atoms with Gasteiger partial charge in [-0.25, -0.2) is 0 Å². The van der Waals surface area contributed by atoms with Crippen LogP contribution in [0.1, 0.15) is 36.2 Å². The van der Waals surface area contributed by atoms with Crippen LogP contribution < -0.4 is 21.5 Å². The van der Waals surface area contributed by atoms with E-state index in [1.165, 1.54) is 0 Å². The van der Waals surface area contributed by atoms with Gasteiger partial charge in [-0.15, -0.1) is 0 Å². The maximum Gasteiger partial charge on any atom is 0.255 e. The number of nitrogens with one attached hydrogen (secondary N) is 1. The van der Waals surface area contributed by atoms with Crippen molar-refractivity contribution in [3.63, 3.8) is 0 Å². The average molecular weight is 397 g/mol. The van der Waals surface area contributed by atoms with E-state index in [0.29, 0.717) is 35.0 Å². The summed E-state index contributed by atoms with van der Waals surface area (Å²) in [4.78, 5) is 15.3. The predicted molar refractivity (Wildman–Crippen MR) is 106 cm³/mol. The Morgan fingerprint density at radius 1 is 1.52 bits per heavy atom. The molecule has 0 aromatic heterocycles. The van der Waals surface area contributed by atoms with Crippen molar-refractivity contribution in [3.05, 3.63) is 22.2 Å². The molecule has 2 heterocycles. The quantitative estimate of drug-likeness (QED) is 0.650. The van der Waals surface area contributed by atoms with Gasteiger partial charge in [0.05, 0.1) is 28.4 Å². The molecule has 5 N–H and O–H groups in total. The van der Waals surface area contributed by atoms with Crippen molar-refractivity contribution in [1.29, 1.82) is 0 Å². The summed E-state index contributed by atoms with van der Waals surface area (Å²) in [5, 5.41) is 3.48. The largest absolute Gasteiger partial charge is 0.486 e. The van der Waals surface area contributed by atoms with Crippen LogP contribution in [0.4, 0.5) is 5.69 Å². The van der Waals surface area contributed by atoms with Crippen molar-refractivity contribution < 1.29 is 14.3 Å². The molecule has 27 heavy (non-hydrogen) atoms. The fourth-order valence-corrected chi connectivity index (χ4v) is 4.14. The number of halogens is 1. The molecule has 2 atom stereocenters. The summed E-state index contributed by atoms with van der Waals surface area (Å²) in [5.74, 6) is 0.319. The van der Waals surface area contributed by atoms with Gasteiger partial charge < -0.3 is 26.3 Å². The molecule has 1 amide bonds. The first-order valence-electron chi connectivity index (χ1n) is 9.31. The summed E-state index contributed by atoms with van der Waals surface area (Å²) in [5.41, 5.74) is 13.1. The number of rotatable bonds is 5. The van der Waals surface area contributed by atoms with Crippen LogP contribution in [0.2, 0.25) is 5.02 Å². The maximum atomic E-state index is 13.0. The minimum absolute atomic E-state index is 0.0853. The Morgan fingerprint density at radius 2 is 2.26 bits per heavy atom. The SMILES string of the molecule is CO[C@H]1CN(CCN)CC[C@H]1NC(=O)c1cc(Cl)c(N)c2c1OC(C)(C)C2. The number of nitrogens with two attached hydrogens (primary N) is 2. The second-order valence-electron chi connectivity index (χ2n) is 7.90. The summed E-state index contributed by atoms with van der Waals surface area (Å²) in [6.45, 7) is 6.97. The van der Waals surface area contributed by atoms with Crippen molar-refractivity contribution in [3.8, 4) is 5.75 Å². The van der Waals surface area contributed by atoms with Crippen LogP contribution in [0.25, 0.3) is 0 Å². The van der Waals surface area contributed by atoms with E-state index in [4.69, 9.17) is 32.5 Å². The molecule has 2 aliphatic rings. The van der Waals surface area contributed by atoms with Gasteiger partial charge >= 0.3 is 0 Å². The zero-order chi connectivity index (χ0) is 19.8. The highest BCUT2D eigenvalue weighted by Crippen LogP contribution is 2.44. The molecule has 1 aromatic rings. The molecule has 0 aliphatic carbocycles. The first-order chi connectivity index (χ1) is 12.8. The number of likely N-dealkylation sites (tertiary alicyclic amines) is 1. The minimum Gasteiger partial charge on any atom is -0.486 e. The molecule has 0 radical (unpaired) electrons. The van der Waals surface area contributed by atoms with Gasteiger partial charge in [0.25, 0.3) is 5.91 Å². The molecule has 0 saturated carbocycles. The van der Waals surface area contributed by atoms with Crippen LogP contribution in [-0.2, 0) is 11.2 Å².